The van der Waals surface area contributed by atoms with E-state index >= 15 is 0 Å². The number of alkyl halides is 1. The van der Waals surface area contributed by atoms with E-state index < -0.39 is 12.1 Å². The number of nitrogens with zero attached hydrogens (tertiary/aromatic N) is 3. The topological polar surface area (TPSA) is 59.8 Å². The fourth-order valence-electron chi connectivity index (χ4n) is 2.77. The first-order valence-corrected chi connectivity index (χ1v) is 7.48. The third-order valence-corrected chi connectivity index (χ3v) is 4.16. The summed E-state index contributed by atoms with van der Waals surface area (Å²) in [6.07, 6.45) is 3.93. The number of amides is 1. The van der Waals surface area contributed by atoms with Crippen molar-refractivity contribution < 1.29 is 9.18 Å². The minimum absolute atomic E-state index is 0.309. The van der Waals surface area contributed by atoms with E-state index in [0.29, 0.717) is 24.9 Å². The Morgan fingerprint density at radius 3 is 3.09 bits per heavy atom. The van der Waals surface area contributed by atoms with Crippen LogP contribution in [0.3, 0.4) is 0 Å². The van der Waals surface area contributed by atoms with Crippen molar-refractivity contribution in [1.82, 2.24) is 14.8 Å². The normalized spacial score (nSPS) is 22.2. The van der Waals surface area contributed by atoms with E-state index in [2.05, 4.69) is 15.4 Å². The Bertz CT molecular complexity index is 697. The van der Waals surface area contributed by atoms with Crippen LogP contribution in [0.4, 0.5) is 10.1 Å². The van der Waals surface area contributed by atoms with Crippen LogP contribution in [-0.2, 0) is 18.3 Å². The fraction of sp³-hybridized carbons (Fsp3) is 0.438. The first kappa shape index (κ1) is 14.7. The largest absolute Gasteiger partial charge is 0.323 e. The summed E-state index contributed by atoms with van der Waals surface area (Å²) in [7, 11) is 1.82. The van der Waals surface area contributed by atoms with Gasteiger partial charge in [-0.1, -0.05) is 6.92 Å². The van der Waals surface area contributed by atoms with E-state index in [4.69, 9.17) is 0 Å². The van der Waals surface area contributed by atoms with Crippen LogP contribution in [0.2, 0.25) is 0 Å². The van der Waals surface area contributed by atoms with Crippen LogP contribution >= 0.6 is 0 Å². The fourth-order valence-corrected chi connectivity index (χ4v) is 2.77. The van der Waals surface area contributed by atoms with Gasteiger partial charge in [-0.25, -0.2) is 4.39 Å². The molecule has 2 aromatic rings. The van der Waals surface area contributed by atoms with Crippen molar-refractivity contribution in [3.8, 4) is 11.3 Å². The number of hydrogen-bond donors (Lipinski definition) is 1. The van der Waals surface area contributed by atoms with Crippen molar-refractivity contribution in [2.24, 2.45) is 13.0 Å². The third-order valence-electron chi connectivity index (χ3n) is 4.16. The number of anilines is 1. The SMILES string of the molecule is CC1C(=O)Nc2cnn(C)c2-c2ccnc(c2)CCCC1F. The number of aryl methyl sites for hydroxylation is 2. The number of hydrogen-bond acceptors (Lipinski definition) is 3. The Morgan fingerprint density at radius 2 is 2.27 bits per heavy atom. The molecule has 0 saturated carbocycles. The molecule has 0 aromatic carbocycles. The average molecular weight is 302 g/mol. The lowest BCUT2D eigenvalue weighted by Crippen LogP contribution is -2.28. The number of rotatable bonds is 0. The molecule has 22 heavy (non-hydrogen) atoms. The van der Waals surface area contributed by atoms with Gasteiger partial charge in [0.1, 0.15) is 6.17 Å². The second kappa shape index (κ2) is 5.87. The summed E-state index contributed by atoms with van der Waals surface area (Å²) in [6.45, 7) is 1.62. The molecular formula is C16H19FN4O. The monoisotopic (exact) mass is 302 g/mol. The van der Waals surface area contributed by atoms with Gasteiger partial charge in [0, 0.05) is 24.5 Å². The summed E-state index contributed by atoms with van der Waals surface area (Å²) in [5, 5.41) is 7.01. The summed E-state index contributed by atoms with van der Waals surface area (Å²) in [6, 6.07) is 3.87. The molecule has 3 rings (SSSR count). The number of fused-ring (bicyclic) bond motifs is 4. The van der Waals surface area contributed by atoms with Crippen molar-refractivity contribution >= 4 is 11.6 Å². The van der Waals surface area contributed by atoms with E-state index in [0.717, 1.165) is 17.0 Å². The maximum absolute atomic E-state index is 14.2. The maximum Gasteiger partial charge on any atom is 0.230 e. The summed E-state index contributed by atoms with van der Waals surface area (Å²) >= 11 is 0. The van der Waals surface area contributed by atoms with Crippen LogP contribution in [-0.4, -0.2) is 26.8 Å². The van der Waals surface area contributed by atoms with Gasteiger partial charge in [-0.15, -0.1) is 0 Å². The van der Waals surface area contributed by atoms with Crippen LogP contribution in [0.25, 0.3) is 11.3 Å². The lowest BCUT2D eigenvalue weighted by molar-refractivity contribution is -0.121. The van der Waals surface area contributed by atoms with Crippen LogP contribution in [0.5, 0.6) is 0 Å². The molecule has 116 valence electrons. The molecular weight excluding hydrogens is 283 g/mol. The first-order chi connectivity index (χ1) is 10.6. The van der Waals surface area contributed by atoms with Crippen molar-refractivity contribution in [2.75, 3.05) is 5.32 Å². The van der Waals surface area contributed by atoms with Gasteiger partial charge in [-0.2, -0.15) is 5.10 Å². The molecule has 2 aromatic heterocycles. The number of carbonyl (C=O) groups is 1. The summed E-state index contributed by atoms with van der Waals surface area (Å²) < 4.78 is 15.9. The molecule has 0 spiro atoms. The number of nitrogens with one attached hydrogen (secondary N) is 1. The van der Waals surface area contributed by atoms with Crippen LogP contribution in [0, 0.1) is 5.92 Å². The average Bonchev–Trinajstić information content (AvgIpc) is 2.86. The lowest BCUT2D eigenvalue weighted by atomic mass is 9.98. The molecule has 2 atom stereocenters. The third kappa shape index (κ3) is 2.73. The second-order valence-electron chi connectivity index (χ2n) is 5.75. The Hall–Kier alpha value is -2.24. The highest BCUT2D eigenvalue weighted by Gasteiger charge is 2.25. The Morgan fingerprint density at radius 1 is 1.45 bits per heavy atom. The molecule has 0 aliphatic carbocycles. The van der Waals surface area contributed by atoms with Crippen molar-refractivity contribution in [3.63, 3.8) is 0 Å². The molecule has 0 fully saturated rings. The van der Waals surface area contributed by atoms with E-state index in [1.807, 2.05) is 19.2 Å². The lowest BCUT2D eigenvalue weighted by Gasteiger charge is -2.18. The molecule has 0 saturated heterocycles. The van der Waals surface area contributed by atoms with Crippen molar-refractivity contribution in [1.29, 1.82) is 0 Å². The molecule has 0 radical (unpaired) electrons. The molecule has 6 heteroatoms. The Kier molecular flexibility index (Phi) is 3.92. The van der Waals surface area contributed by atoms with Gasteiger partial charge in [0.05, 0.1) is 23.5 Å². The van der Waals surface area contributed by atoms with Gasteiger partial charge in [0.25, 0.3) is 0 Å². The summed E-state index contributed by atoms with van der Waals surface area (Å²) in [4.78, 5) is 16.6. The summed E-state index contributed by atoms with van der Waals surface area (Å²) in [5.74, 6) is -0.990. The Balaban J connectivity index is 2.07. The van der Waals surface area contributed by atoms with E-state index in [-0.39, 0.29) is 5.91 Å². The number of halogens is 1. The molecule has 1 aliphatic rings. The second-order valence-corrected chi connectivity index (χ2v) is 5.75. The van der Waals surface area contributed by atoms with Gasteiger partial charge < -0.3 is 5.32 Å². The van der Waals surface area contributed by atoms with Crippen LogP contribution in [0.15, 0.2) is 24.5 Å². The predicted octanol–water partition coefficient (Wildman–Crippen LogP) is 2.73. The van der Waals surface area contributed by atoms with Crippen LogP contribution in [0.1, 0.15) is 25.5 Å². The molecule has 1 aliphatic heterocycles. The molecule has 2 bridgehead atoms. The van der Waals surface area contributed by atoms with Gasteiger partial charge in [-0.3, -0.25) is 14.5 Å². The van der Waals surface area contributed by atoms with Gasteiger partial charge in [0.15, 0.2) is 0 Å². The smallest absolute Gasteiger partial charge is 0.230 e. The van der Waals surface area contributed by atoms with Gasteiger partial charge in [0.2, 0.25) is 5.91 Å². The molecule has 5 nitrogen and oxygen atoms in total. The molecule has 1 N–H and O–H groups in total. The van der Waals surface area contributed by atoms with E-state index in [9.17, 15) is 9.18 Å². The molecule has 2 unspecified atom stereocenters. The maximum atomic E-state index is 14.2. The van der Waals surface area contributed by atoms with Crippen molar-refractivity contribution in [3.05, 3.63) is 30.2 Å². The van der Waals surface area contributed by atoms with Crippen LogP contribution < -0.4 is 5.32 Å². The standard InChI is InChI=1S/C16H19FN4O/c1-10-13(17)5-3-4-12-8-11(6-7-18-12)15-14(20-16(10)22)9-19-21(15)2/h6-10,13H,3-5H2,1-2H3,(H,20,22). The van der Waals surface area contributed by atoms with Gasteiger partial charge in [-0.05, 0) is 31.4 Å². The number of aromatic nitrogens is 3. The zero-order valence-corrected chi connectivity index (χ0v) is 12.7. The Labute approximate surface area is 128 Å². The van der Waals surface area contributed by atoms with Gasteiger partial charge >= 0.3 is 0 Å². The highest BCUT2D eigenvalue weighted by molar-refractivity contribution is 5.96. The molecule has 1 amide bonds. The zero-order valence-electron chi connectivity index (χ0n) is 12.7. The summed E-state index contributed by atoms with van der Waals surface area (Å²) in [5.41, 5.74) is 3.28. The number of carbonyl (C=O) groups excluding carboxylic acids is 1. The minimum atomic E-state index is -1.15. The van der Waals surface area contributed by atoms with E-state index in [1.54, 1.807) is 24.0 Å². The zero-order chi connectivity index (χ0) is 15.7. The highest BCUT2D eigenvalue weighted by Crippen LogP contribution is 2.29. The predicted molar refractivity (Wildman–Crippen MR) is 82.1 cm³/mol. The quantitative estimate of drug-likeness (QED) is 0.814. The minimum Gasteiger partial charge on any atom is -0.323 e. The number of pyridine rings is 1. The van der Waals surface area contributed by atoms with E-state index in [1.165, 1.54) is 0 Å². The first-order valence-electron chi connectivity index (χ1n) is 7.48. The molecule has 3 heterocycles. The van der Waals surface area contributed by atoms with Crippen molar-refractivity contribution in [2.45, 2.75) is 32.4 Å². The highest BCUT2D eigenvalue weighted by atomic mass is 19.1.